The van der Waals surface area contributed by atoms with E-state index in [0.717, 1.165) is 10.9 Å². The van der Waals surface area contributed by atoms with Gasteiger partial charge in [-0.3, -0.25) is 9.78 Å². The van der Waals surface area contributed by atoms with E-state index in [0.29, 0.717) is 34.3 Å². The van der Waals surface area contributed by atoms with Crippen LogP contribution in [0.2, 0.25) is 0 Å². The van der Waals surface area contributed by atoms with Crippen LogP contribution in [-0.4, -0.2) is 25.1 Å². The number of carbonyl (C=O) groups excluding carboxylic acids is 1. The highest BCUT2D eigenvalue weighted by molar-refractivity contribution is 6.05. The third-order valence-electron chi connectivity index (χ3n) is 4.33. The zero-order valence-corrected chi connectivity index (χ0v) is 18.8. The summed E-state index contributed by atoms with van der Waals surface area (Å²) in [5.41, 5.74) is 1.79. The van der Waals surface area contributed by atoms with Crippen molar-refractivity contribution in [2.24, 2.45) is 0 Å². The molecule has 0 atom stereocenters. The summed E-state index contributed by atoms with van der Waals surface area (Å²) in [6.45, 7) is 11.2. The maximum Gasteiger partial charge on any atom is 0.255 e. The number of benzene rings is 2. The molecule has 1 N–H and O–H groups in total. The van der Waals surface area contributed by atoms with E-state index < -0.39 is 0 Å². The maximum atomic E-state index is 12.2. The van der Waals surface area contributed by atoms with E-state index in [2.05, 4.69) is 23.5 Å². The normalized spacial score (nSPS) is 10.4. The molecule has 0 bridgehead atoms. The molecule has 0 saturated heterocycles. The average molecular weight is 433 g/mol. The van der Waals surface area contributed by atoms with Gasteiger partial charge in [0.25, 0.3) is 5.91 Å². The minimum absolute atomic E-state index is 0.264. The van der Waals surface area contributed by atoms with Gasteiger partial charge in [0, 0.05) is 28.9 Å². The SMILES string of the molecule is C=C/C=C(\C=C)C(=O)Nc1ccc(Oc2ccnc3cc(OC)c(OC)cc23)cc1.CC. The highest BCUT2D eigenvalue weighted by Gasteiger charge is 2.12. The van der Waals surface area contributed by atoms with Crippen LogP contribution in [0.4, 0.5) is 5.69 Å². The molecule has 0 aliphatic rings. The van der Waals surface area contributed by atoms with E-state index in [1.54, 1.807) is 62.9 Å². The number of pyridine rings is 1. The number of fused-ring (bicyclic) bond motifs is 1. The molecule has 0 aliphatic heterocycles. The number of ether oxygens (including phenoxy) is 3. The Balaban J connectivity index is 0.00000176. The number of nitrogens with one attached hydrogen (secondary N) is 1. The fourth-order valence-corrected chi connectivity index (χ4v) is 2.84. The lowest BCUT2D eigenvalue weighted by Crippen LogP contribution is -2.12. The second-order valence-corrected chi connectivity index (χ2v) is 6.18. The Morgan fingerprint density at radius 3 is 2.22 bits per heavy atom. The van der Waals surface area contributed by atoms with E-state index in [9.17, 15) is 4.79 Å². The lowest BCUT2D eigenvalue weighted by Gasteiger charge is -2.12. The number of amides is 1. The van der Waals surface area contributed by atoms with Gasteiger partial charge in [-0.2, -0.15) is 0 Å². The van der Waals surface area contributed by atoms with Gasteiger partial charge >= 0.3 is 0 Å². The van der Waals surface area contributed by atoms with Crippen LogP contribution in [0, 0.1) is 0 Å². The molecule has 0 aliphatic carbocycles. The van der Waals surface area contributed by atoms with Crippen molar-refractivity contribution in [1.29, 1.82) is 0 Å². The minimum Gasteiger partial charge on any atom is -0.493 e. The van der Waals surface area contributed by atoms with Crippen molar-refractivity contribution in [3.63, 3.8) is 0 Å². The Kier molecular flexibility index (Phi) is 9.05. The summed E-state index contributed by atoms with van der Waals surface area (Å²) in [5, 5.41) is 3.59. The second-order valence-electron chi connectivity index (χ2n) is 6.18. The summed E-state index contributed by atoms with van der Waals surface area (Å²) in [6.07, 6.45) is 6.28. The molecule has 166 valence electrons. The Morgan fingerprint density at radius 1 is 0.969 bits per heavy atom. The van der Waals surface area contributed by atoms with Gasteiger partial charge in [0.05, 0.1) is 19.7 Å². The first-order valence-corrected chi connectivity index (χ1v) is 10.1. The molecule has 0 saturated carbocycles. The van der Waals surface area contributed by atoms with E-state index in [-0.39, 0.29) is 5.91 Å². The maximum absolute atomic E-state index is 12.2. The van der Waals surface area contributed by atoms with Crippen molar-refractivity contribution in [2.45, 2.75) is 13.8 Å². The zero-order valence-electron chi connectivity index (χ0n) is 18.8. The van der Waals surface area contributed by atoms with Gasteiger partial charge in [-0.15, -0.1) is 0 Å². The second kappa shape index (κ2) is 12.0. The smallest absolute Gasteiger partial charge is 0.255 e. The van der Waals surface area contributed by atoms with E-state index in [1.807, 2.05) is 19.9 Å². The first kappa shape index (κ1) is 24.2. The van der Waals surface area contributed by atoms with Crippen molar-refractivity contribution >= 4 is 22.5 Å². The molecule has 3 aromatic rings. The first-order valence-electron chi connectivity index (χ1n) is 10.1. The van der Waals surface area contributed by atoms with Crippen molar-refractivity contribution < 1.29 is 19.0 Å². The predicted octanol–water partition coefficient (Wildman–Crippen LogP) is 6.31. The molecule has 0 radical (unpaired) electrons. The molecule has 0 fully saturated rings. The van der Waals surface area contributed by atoms with Crippen LogP contribution < -0.4 is 19.5 Å². The van der Waals surface area contributed by atoms with Crippen molar-refractivity contribution in [2.75, 3.05) is 19.5 Å². The van der Waals surface area contributed by atoms with Gasteiger partial charge in [0.2, 0.25) is 0 Å². The quantitative estimate of drug-likeness (QED) is 0.334. The summed E-state index contributed by atoms with van der Waals surface area (Å²) in [4.78, 5) is 16.6. The molecule has 3 rings (SSSR count). The van der Waals surface area contributed by atoms with Crippen LogP contribution in [0.3, 0.4) is 0 Å². The molecule has 2 aromatic carbocycles. The number of hydrogen-bond donors (Lipinski definition) is 1. The monoisotopic (exact) mass is 432 g/mol. The van der Waals surface area contributed by atoms with Crippen LogP contribution in [-0.2, 0) is 4.79 Å². The standard InChI is InChI=1S/C24H22N2O4.C2H6/c1-5-7-16(6-2)24(27)26-17-8-10-18(11-9-17)30-21-12-13-25-20-15-23(29-4)22(28-3)14-19(20)21;1-2/h5-15H,1-2H2,3-4H3,(H,26,27);1-2H3/b16-7+;. The number of carbonyl (C=O) groups is 1. The Hall–Kier alpha value is -4.06. The van der Waals surface area contributed by atoms with Gasteiger partial charge in [-0.05, 0) is 36.4 Å². The van der Waals surface area contributed by atoms with Gasteiger partial charge in [0.1, 0.15) is 11.5 Å². The molecule has 1 amide bonds. The number of rotatable bonds is 8. The van der Waals surface area contributed by atoms with E-state index in [4.69, 9.17) is 14.2 Å². The fourth-order valence-electron chi connectivity index (χ4n) is 2.84. The summed E-state index contributed by atoms with van der Waals surface area (Å²) in [7, 11) is 3.16. The Bertz CT molecular complexity index is 1120. The minimum atomic E-state index is -0.264. The van der Waals surface area contributed by atoms with Gasteiger partial charge in [-0.25, -0.2) is 0 Å². The van der Waals surface area contributed by atoms with E-state index >= 15 is 0 Å². The van der Waals surface area contributed by atoms with Crippen molar-refractivity contribution in [3.8, 4) is 23.0 Å². The molecular formula is C26H28N2O4. The zero-order chi connectivity index (χ0) is 23.5. The lowest BCUT2D eigenvalue weighted by molar-refractivity contribution is -0.112. The summed E-state index contributed by atoms with van der Waals surface area (Å²) in [5.74, 6) is 2.16. The third kappa shape index (κ3) is 5.76. The highest BCUT2D eigenvalue weighted by Crippen LogP contribution is 2.36. The molecule has 6 heteroatoms. The van der Waals surface area contributed by atoms with Crippen LogP contribution in [0.5, 0.6) is 23.0 Å². The van der Waals surface area contributed by atoms with E-state index in [1.165, 1.54) is 12.2 Å². The third-order valence-corrected chi connectivity index (χ3v) is 4.33. The number of allylic oxidation sites excluding steroid dienone is 2. The predicted molar refractivity (Wildman–Crippen MR) is 130 cm³/mol. The topological polar surface area (TPSA) is 69.7 Å². The fraction of sp³-hybridized carbons (Fsp3) is 0.154. The molecule has 1 heterocycles. The molecule has 6 nitrogen and oxygen atoms in total. The molecular weight excluding hydrogens is 404 g/mol. The number of methoxy groups -OCH3 is 2. The molecule has 0 unspecified atom stereocenters. The van der Waals surface area contributed by atoms with Crippen molar-refractivity contribution in [3.05, 3.63) is 85.6 Å². The first-order chi connectivity index (χ1) is 15.6. The summed E-state index contributed by atoms with van der Waals surface area (Å²) in [6, 6.07) is 12.5. The summed E-state index contributed by atoms with van der Waals surface area (Å²) >= 11 is 0. The van der Waals surface area contributed by atoms with Crippen LogP contribution in [0.25, 0.3) is 10.9 Å². The van der Waals surface area contributed by atoms with Crippen LogP contribution >= 0.6 is 0 Å². The van der Waals surface area contributed by atoms with Crippen LogP contribution in [0.1, 0.15) is 13.8 Å². The number of nitrogens with zero attached hydrogens (tertiary/aromatic N) is 1. The van der Waals surface area contributed by atoms with Crippen molar-refractivity contribution in [1.82, 2.24) is 4.98 Å². The largest absolute Gasteiger partial charge is 0.493 e. The Labute approximate surface area is 188 Å². The summed E-state index contributed by atoms with van der Waals surface area (Å²) < 4.78 is 16.8. The molecule has 1 aromatic heterocycles. The number of anilines is 1. The molecule has 32 heavy (non-hydrogen) atoms. The van der Waals surface area contributed by atoms with Gasteiger partial charge in [-0.1, -0.05) is 45.2 Å². The molecule has 0 spiro atoms. The van der Waals surface area contributed by atoms with Gasteiger partial charge < -0.3 is 19.5 Å². The highest BCUT2D eigenvalue weighted by atomic mass is 16.5. The average Bonchev–Trinajstić information content (AvgIpc) is 2.84. The lowest BCUT2D eigenvalue weighted by atomic mass is 10.2. The van der Waals surface area contributed by atoms with Gasteiger partial charge in [0.15, 0.2) is 11.5 Å². The Morgan fingerprint density at radius 2 is 1.62 bits per heavy atom. The number of hydrogen-bond acceptors (Lipinski definition) is 5. The number of aromatic nitrogens is 1. The van der Waals surface area contributed by atoms with Crippen LogP contribution in [0.15, 0.2) is 85.6 Å².